The minimum absolute atomic E-state index is 0.436. The molecular weight excluding hydrogens is 346 g/mol. The number of benzene rings is 2. The van der Waals surface area contributed by atoms with Crippen molar-refractivity contribution in [3.05, 3.63) is 59.7 Å². The SMILES string of the molecule is Cc1ccc(N=CC2C(=O)OC(C)(C)OC2=O)cc1OCc1ccccc1. The van der Waals surface area contributed by atoms with Crippen molar-refractivity contribution < 1.29 is 23.8 Å². The van der Waals surface area contributed by atoms with Gasteiger partial charge in [-0.2, -0.15) is 0 Å². The summed E-state index contributed by atoms with van der Waals surface area (Å²) in [4.78, 5) is 28.2. The van der Waals surface area contributed by atoms with E-state index in [1.807, 2.05) is 43.3 Å². The summed E-state index contributed by atoms with van der Waals surface area (Å²) in [6.07, 6.45) is 1.24. The van der Waals surface area contributed by atoms with E-state index >= 15 is 0 Å². The van der Waals surface area contributed by atoms with Crippen molar-refractivity contribution >= 4 is 23.8 Å². The Hall–Kier alpha value is -3.15. The Balaban J connectivity index is 1.71. The highest BCUT2D eigenvalue weighted by Gasteiger charge is 2.42. The third-order valence-electron chi connectivity index (χ3n) is 3.98. The standard InChI is InChI=1S/C21H21NO5/c1-14-9-10-16(11-18(14)25-13-15-7-5-4-6-8-15)22-12-17-19(23)26-21(2,3)27-20(17)24/h4-12,17H,13H2,1-3H3. The van der Waals surface area contributed by atoms with Gasteiger partial charge in [-0.15, -0.1) is 0 Å². The smallest absolute Gasteiger partial charge is 0.329 e. The van der Waals surface area contributed by atoms with Gasteiger partial charge in [0.15, 0.2) is 5.92 Å². The van der Waals surface area contributed by atoms with Crippen molar-refractivity contribution in [1.82, 2.24) is 0 Å². The molecule has 1 aliphatic rings. The molecule has 1 heterocycles. The Morgan fingerprint density at radius 2 is 1.74 bits per heavy atom. The molecule has 0 aromatic heterocycles. The molecule has 0 saturated carbocycles. The third-order valence-corrected chi connectivity index (χ3v) is 3.98. The maximum Gasteiger partial charge on any atom is 0.329 e. The maximum atomic E-state index is 12.0. The van der Waals surface area contributed by atoms with Crippen LogP contribution < -0.4 is 4.74 Å². The van der Waals surface area contributed by atoms with Crippen LogP contribution in [-0.2, 0) is 25.7 Å². The first-order valence-electron chi connectivity index (χ1n) is 8.61. The molecule has 6 heteroatoms. The Morgan fingerprint density at radius 3 is 2.41 bits per heavy atom. The second kappa shape index (κ2) is 7.61. The highest BCUT2D eigenvalue weighted by atomic mass is 16.7. The molecule has 2 aromatic rings. The molecule has 140 valence electrons. The number of aliphatic imine (C=N–C) groups is 1. The second-order valence-electron chi connectivity index (χ2n) is 6.72. The number of hydrogen-bond donors (Lipinski definition) is 0. The maximum absolute atomic E-state index is 12.0. The molecule has 0 atom stereocenters. The van der Waals surface area contributed by atoms with Crippen LogP contribution >= 0.6 is 0 Å². The zero-order chi connectivity index (χ0) is 19.4. The van der Waals surface area contributed by atoms with Crippen molar-refractivity contribution in [3.8, 4) is 5.75 Å². The quantitative estimate of drug-likeness (QED) is 0.457. The first-order valence-corrected chi connectivity index (χ1v) is 8.61. The molecule has 0 aliphatic carbocycles. The molecular formula is C21H21NO5. The van der Waals surface area contributed by atoms with E-state index in [2.05, 4.69) is 4.99 Å². The fourth-order valence-corrected chi connectivity index (χ4v) is 2.57. The van der Waals surface area contributed by atoms with Gasteiger partial charge in [-0.05, 0) is 24.1 Å². The predicted molar refractivity (Wildman–Crippen MR) is 99.9 cm³/mol. The number of ether oxygens (including phenoxy) is 3. The van der Waals surface area contributed by atoms with Gasteiger partial charge in [0.25, 0.3) is 5.79 Å². The monoisotopic (exact) mass is 367 g/mol. The number of hydrogen-bond acceptors (Lipinski definition) is 6. The largest absolute Gasteiger partial charge is 0.489 e. The van der Waals surface area contributed by atoms with Crippen LogP contribution in [0.3, 0.4) is 0 Å². The zero-order valence-corrected chi connectivity index (χ0v) is 15.5. The number of cyclic esters (lactones) is 2. The van der Waals surface area contributed by atoms with Gasteiger partial charge >= 0.3 is 11.9 Å². The van der Waals surface area contributed by atoms with Crippen molar-refractivity contribution in [3.63, 3.8) is 0 Å². The molecule has 2 aromatic carbocycles. The van der Waals surface area contributed by atoms with Crippen LogP contribution in [-0.4, -0.2) is 23.9 Å². The highest BCUT2D eigenvalue weighted by Crippen LogP contribution is 2.27. The van der Waals surface area contributed by atoms with Gasteiger partial charge in [0.1, 0.15) is 12.4 Å². The van der Waals surface area contributed by atoms with Gasteiger partial charge < -0.3 is 14.2 Å². The molecule has 0 bridgehead atoms. The lowest BCUT2D eigenvalue weighted by molar-refractivity contribution is -0.235. The molecule has 0 radical (unpaired) electrons. The number of carbonyl (C=O) groups excluding carboxylic acids is 2. The second-order valence-corrected chi connectivity index (χ2v) is 6.72. The van der Waals surface area contributed by atoms with E-state index in [1.165, 1.54) is 20.1 Å². The summed E-state index contributed by atoms with van der Waals surface area (Å²) in [6.45, 7) is 5.38. The summed E-state index contributed by atoms with van der Waals surface area (Å²) in [6, 6.07) is 15.2. The molecule has 1 saturated heterocycles. The minimum atomic E-state index is -1.25. The Kier molecular flexibility index (Phi) is 5.26. The summed E-state index contributed by atoms with van der Waals surface area (Å²) in [5.74, 6) is -3.09. The molecule has 0 N–H and O–H groups in total. The number of aryl methyl sites for hydroxylation is 1. The molecule has 0 spiro atoms. The zero-order valence-electron chi connectivity index (χ0n) is 15.5. The van der Waals surface area contributed by atoms with Crippen LogP contribution in [0.2, 0.25) is 0 Å². The lowest BCUT2D eigenvalue weighted by Gasteiger charge is -2.31. The number of carbonyl (C=O) groups is 2. The van der Waals surface area contributed by atoms with Gasteiger partial charge in [0.2, 0.25) is 0 Å². The predicted octanol–water partition coefficient (Wildman–Crippen LogP) is 3.73. The van der Waals surface area contributed by atoms with E-state index in [9.17, 15) is 9.59 Å². The summed E-state index contributed by atoms with van der Waals surface area (Å²) >= 11 is 0. The first-order chi connectivity index (χ1) is 12.8. The minimum Gasteiger partial charge on any atom is -0.489 e. The fraction of sp³-hybridized carbons (Fsp3) is 0.286. The summed E-state index contributed by atoms with van der Waals surface area (Å²) in [7, 11) is 0. The summed E-state index contributed by atoms with van der Waals surface area (Å²) in [5, 5.41) is 0. The van der Waals surface area contributed by atoms with Crippen LogP contribution in [0.1, 0.15) is 25.0 Å². The van der Waals surface area contributed by atoms with Crippen LogP contribution in [0, 0.1) is 12.8 Å². The molecule has 6 nitrogen and oxygen atoms in total. The van der Waals surface area contributed by atoms with E-state index in [4.69, 9.17) is 14.2 Å². The molecule has 1 aliphatic heterocycles. The number of nitrogens with zero attached hydrogens (tertiary/aromatic N) is 1. The number of esters is 2. The Labute approximate surface area is 157 Å². The third kappa shape index (κ3) is 4.73. The van der Waals surface area contributed by atoms with Gasteiger partial charge in [-0.1, -0.05) is 36.4 Å². The van der Waals surface area contributed by atoms with Crippen molar-refractivity contribution in [2.24, 2.45) is 10.9 Å². The van der Waals surface area contributed by atoms with Crippen LogP contribution in [0.5, 0.6) is 5.75 Å². The Morgan fingerprint density at radius 1 is 1.07 bits per heavy atom. The van der Waals surface area contributed by atoms with Crippen molar-refractivity contribution in [2.45, 2.75) is 33.2 Å². The van der Waals surface area contributed by atoms with Crippen molar-refractivity contribution in [2.75, 3.05) is 0 Å². The molecule has 27 heavy (non-hydrogen) atoms. The average molecular weight is 367 g/mol. The fourth-order valence-electron chi connectivity index (χ4n) is 2.57. The van der Waals surface area contributed by atoms with E-state index in [-0.39, 0.29) is 0 Å². The van der Waals surface area contributed by atoms with Crippen LogP contribution in [0.25, 0.3) is 0 Å². The average Bonchev–Trinajstić information content (AvgIpc) is 2.61. The first kappa shape index (κ1) is 18.6. The molecule has 0 unspecified atom stereocenters. The van der Waals surface area contributed by atoms with Gasteiger partial charge in [0, 0.05) is 26.1 Å². The Bertz CT molecular complexity index is 853. The summed E-state index contributed by atoms with van der Waals surface area (Å²) in [5.41, 5.74) is 2.58. The summed E-state index contributed by atoms with van der Waals surface area (Å²) < 4.78 is 16.0. The molecule has 3 rings (SSSR count). The highest BCUT2D eigenvalue weighted by molar-refractivity contribution is 6.10. The van der Waals surface area contributed by atoms with Crippen LogP contribution in [0.4, 0.5) is 5.69 Å². The van der Waals surface area contributed by atoms with Gasteiger partial charge in [-0.3, -0.25) is 14.6 Å². The molecule has 1 fully saturated rings. The lowest BCUT2D eigenvalue weighted by Crippen LogP contribution is -2.46. The van der Waals surface area contributed by atoms with Gasteiger partial charge in [-0.25, -0.2) is 0 Å². The van der Waals surface area contributed by atoms with E-state index in [0.717, 1.165) is 11.1 Å². The van der Waals surface area contributed by atoms with Crippen LogP contribution in [0.15, 0.2) is 53.5 Å². The topological polar surface area (TPSA) is 74.2 Å². The van der Waals surface area contributed by atoms with E-state index in [0.29, 0.717) is 18.0 Å². The lowest BCUT2D eigenvalue weighted by atomic mass is 10.1. The van der Waals surface area contributed by atoms with E-state index < -0.39 is 23.6 Å². The van der Waals surface area contributed by atoms with E-state index in [1.54, 1.807) is 12.1 Å². The molecule has 0 amide bonds. The van der Waals surface area contributed by atoms with Crippen molar-refractivity contribution in [1.29, 1.82) is 0 Å². The normalized spacial score (nSPS) is 16.9. The van der Waals surface area contributed by atoms with Gasteiger partial charge in [0.05, 0.1) is 5.69 Å². The number of rotatable bonds is 5.